The number of nitrogens with zero attached hydrogens (tertiary/aromatic N) is 2. The van der Waals surface area contributed by atoms with E-state index < -0.39 is 47.4 Å². The molecule has 2 N–H and O–H groups in total. The summed E-state index contributed by atoms with van der Waals surface area (Å²) in [6.45, 7) is 1.75. The summed E-state index contributed by atoms with van der Waals surface area (Å²) in [7, 11) is 0. The lowest BCUT2D eigenvalue weighted by Crippen LogP contribution is -2.65. The van der Waals surface area contributed by atoms with Crippen molar-refractivity contribution < 1.29 is 29.4 Å². The molecular weight excluding hydrogens is 484 g/mol. The van der Waals surface area contributed by atoms with Crippen LogP contribution in [0.4, 0.5) is 0 Å². The van der Waals surface area contributed by atoms with Crippen LogP contribution in [0, 0.1) is 23.7 Å². The number of piperidine rings is 2. The average Bonchev–Trinajstić information content (AvgIpc) is 2.93. The minimum atomic E-state index is -1.34. The maximum atomic E-state index is 13.6. The van der Waals surface area contributed by atoms with Crippen LogP contribution in [0.3, 0.4) is 0 Å². The van der Waals surface area contributed by atoms with Crippen LogP contribution in [0.2, 0.25) is 0 Å². The first kappa shape index (κ1) is 25.9. The Morgan fingerprint density at radius 2 is 0.947 bits per heavy atom. The topological polar surface area (TPSA) is 115 Å². The second-order valence-corrected chi connectivity index (χ2v) is 10.8. The molecule has 3 aliphatic rings. The van der Waals surface area contributed by atoms with E-state index in [2.05, 4.69) is 0 Å². The second kappa shape index (κ2) is 11.0. The smallest absolute Gasteiger partial charge is 0.308 e. The molecule has 3 fully saturated rings. The molecule has 0 radical (unpaired) electrons. The van der Waals surface area contributed by atoms with Gasteiger partial charge in [-0.15, -0.1) is 0 Å². The third-order valence-corrected chi connectivity index (χ3v) is 8.70. The van der Waals surface area contributed by atoms with E-state index >= 15 is 0 Å². The second-order valence-electron chi connectivity index (χ2n) is 10.8. The highest BCUT2D eigenvalue weighted by Crippen LogP contribution is 2.49. The SMILES string of the molecule is O=C(O)[C@H]1[C@H](C(=O)N2CCCC(c3ccccc3)C2)[C@H](C(=O)O)[C@H]1C(=O)N1CCCC(c2ccccc2)C1. The van der Waals surface area contributed by atoms with Crippen molar-refractivity contribution in [3.05, 3.63) is 71.8 Å². The Balaban J connectivity index is 1.34. The molecule has 0 spiro atoms. The first-order chi connectivity index (χ1) is 18.4. The lowest BCUT2D eigenvalue weighted by atomic mass is 9.55. The van der Waals surface area contributed by atoms with Crippen LogP contribution in [0.25, 0.3) is 0 Å². The molecule has 1 aliphatic carbocycles. The Hall–Kier alpha value is -3.68. The third-order valence-electron chi connectivity index (χ3n) is 8.70. The monoisotopic (exact) mass is 518 g/mol. The van der Waals surface area contributed by atoms with Gasteiger partial charge in [-0.1, -0.05) is 60.7 Å². The number of hydrogen-bond donors (Lipinski definition) is 2. The molecule has 2 aliphatic heterocycles. The Labute approximate surface area is 222 Å². The maximum Gasteiger partial charge on any atom is 0.308 e. The minimum absolute atomic E-state index is 0.112. The molecule has 2 aromatic rings. The van der Waals surface area contributed by atoms with Crippen LogP contribution in [-0.2, 0) is 19.2 Å². The van der Waals surface area contributed by atoms with E-state index in [1.165, 1.54) is 0 Å². The molecule has 2 heterocycles. The summed E-state index contributed by atoms with van der Waals surface area (Å²) in [5.74, 6) is -8.45. The van der Waals surface area contributed by atoms with E-state index in [1.54, 1.807) is 9.80 Å². The lowest BCUT2D eigenvalue weighted by molar-refractivity contribution is -0.188. The Morgan fingerprint density at radius 3 is 1.29 bits per heavy atom. The van der Waals surface area contributed by atoms with Gasteiger partial charge in [0.15, 0.2) is 0 Å². The molecule has 38 heavy (non-hydrogen) atoms. The number of amides is 2. The molecule has 2 aromatic carbocycles. The van der Waals surface area contributed by atoms with Gasteiger partial charge in [-0.3, -0.25) is 19.2 Å². The van der Waals surface area contributed by atoms with E-state index in [0.29, 0.717) is 26.2 Å². The average molecular weight is 519 g/mol. The Morgan fingerprint density at radius 1 is 0.579 bits per heavy atom. The van der Waals surface area contributed by atoms with Crippen LogP contribution < -0.4 is 0 Å². The number of carboxylic acids is 2. The first-order valence-corrected chi connectivity index (χ1v) is 13.5. The van der Waals surface area contributed by atoms with Gasteiger partial charge in [-0.25, -0.2) is 0 Å². The molecule has 8 heteroatoms. The van der Waals surface area contributed by atoms with Crippen molar-refractivity contribution in [2.45, 2.75) is 37.5 Å². The quantitative estimate of drug-likeness (QED) is 0.605. The van der Waals surface area contributed by atoms with Crippen molar-refractivity contribution in [1.82, 2.24) is 9.80 Å². The van der Waals surface area contributed by atoms with Gasteiger partial charge in [0.2, 0.25) is 11.8 Å². The summed E-state index contributed by atoms with van der Waals surface area (Å²) in [5, 5.41) is 20.2. The number of likely N-dealkylation sites (tertiary alicyclic amines) is 2. The number of aliphatic carboxylic acids is 2. The van der Waals surface area contributed by atoms with Gasteiger partial charge in [0.05, 0.1) is 23.7 Å². The normalized spacial score (nSPS) is 29.3. The van der Waals surface area contributed by atoms with Gasteiger partial charge in [0.1, 0.15) is 0 Å². The minimum Gasteiger partial charge on any atom is -0.481 e. The zero-order valence-corrected chi connectivity index (χ0v) is 21.3. The van der Waals surface area contributed by atoms with E-state index in [0.717, 1.165) is 36.8 Å². The standard InChI is InChI=1S/C30H34N2O6/c33-27(31-15-7-13-21(17-31)19-9-3-1-4-10-19)23-25(29(35)36)24(26(23)30(37)38)28(34)32-16-8-14-22(18-32)20-11-5-2-6-12-20/h1-6,9-12,21-26H,7-8,13-18H2,(H,35,36)(H,37,38)/t21?,22?,23-,24-,25-,26-. The fraction of sp³-hybridized carbons (Fsp3) is 0.467. The Bertz CT molecular complexity index is 1080. The van der Waals surface area contributed by atoms with Gasteiger partial charge < -0.3 is 20.0 Å². The van der Waals surface area contributed by atoms with Crippen LogP contribution in [0.5, 0.6) is 0 Å². The summed E-state index contributed by atoms with van der Waals surface area (Å²) in [6.07, 6.45) is 3.32. The predicted molar refractivity (Wildman–Crippen MR) is 139 cm³/mol. The van der Waals surface area contributed by atoms with Crippen molar-refractivity contribution >= 4 is 23.8 Å². The summed E-state index contributed by atoms with van der Waals surface area (Å²) < 4.78 is 0. The van der Waals surface area contributed by atoms with Gasteiger partial charge >= 0.3 is 11.9 Å². The van der Waals surface area contributed by atoms with Crippen molar-refractivity contribution in [1.29, 1.82) is 0 Å². The number of carbonyl (C=O) groups is 4. The summed E-state index contributed by atoms with van der Waals surface area (Å²) in [5.41, 5.74) is 2.21. The molecule has 0 bridgehead atoms. The van der Waals surface area contributed by atoms with Gasteiger partial charge in [0, 0.05) is 38.0 Å². The molecule has 2 atom stereocenters. The highest BCUT2D eigenvalue weighted by molar-refractivity contribution is 5.99. The Kier molecular flexibility index (Phi) is 7.49. The van der Waals surface area contributed by atoms with Crippen LogP contribution >= 0.6 is 0 Å². The first-order valence-electron chi connectivity index (χ1n) is 13.5. The number of benzene rings is 2. The zero-order valence-electron chi connectivity index (χ0n) is 21.3. The van der Waals surface area contributed by atoms with Crippen LogP contribution in [-0.4, -0.2) is 69.9 Å². The zero-order chi connectivity index (χ0) is 26.8. The highest BCUT2D eigenvalue weighted by atomic mass is 16.4. The molecular formula is C30H34N2O6. The molecule has 8 nitrogen and oxygen atoms in total. The number of carbonyl (C=O) groups excluding carboxylic acids is 2. The molecule has 2 unspecified atom stereocenters. The van der Waals surface area contributed by atoms with E-state index in [-0.39, 0.29) is 11.8 Å². The molecule has 1 saturated carbocycles. The van der Waals surface area contributed by atoms with Crippen molar-refractivity contribution in [3.63, 3.8) is 0 Å². The molecule has 2 amide bonds. The third kappa shape index (κ3) is 4.91. The highest BCUT2D eigenvalue weighted by Gasteiger charge is 2.65. The number of carboxylic acid groups (broad SMARTS) is 2. The van der Waals surface area contributed by atoms with E-state index in [4.69, 9.17) is 0 Å². The molecule has 0 aromatic heterocycles. The number of hydrogen-bond acceptors (Lipinski definition) is 4. The van der Waals surface area contributed by atoms with Gasteiger partial charge in [-0.05, 0) is 36.8 Å². The molecule has 5 rings (SSSR count). The summed E-state index contributed by atoms with van der Waals surface area (Å²) in [6, 6.07) is 19.7. The van der Waals surface area contributed by atoms with Crippen molar-refractivity contribution in [2.75, 3.05) is 26.2 Å². The van der Waals surface area contributed by atoms with Crippen LogP contribution in [0.15, 0.2) is 60.7 Å². The fourth-order valence-electron chi connectivity index (χ4n) is 6.75. The van der Waals surface area contributed by atoms with Gasteiger partial charge in [-0.2, -0.15) is 0 Å². The summed E-state index contributed by atoms with van der Waals surface area (Å²) in [4.78, 5) is 55.3. The van der Waals surface area contributed by atoms with E-state index in [1.807, 2.05) is 60.7 Å². The predicted octanol–water partition coefficient (Wildman–Crippen LogP) is 3.45. The lowest BCUT2D eigenvalue weighted by Gasteiger charge is -2.49. The fourth-order valence-corrected chi connectivity index (χ4v) is 6.75. The maximum absolute atomic E-state index is 13.6. The molecule has 200 valence electrons. The largest absolute Gasteiger partial charge is 0.481 e. The van der Waals surface area contributed by atoms with Crippen LogP contribution in [0.1, 0.15) is 48.6 Å². The van der Waals surface area contributed by atoms with Gasteiger partial charge in [0.25, 0.3) is 0 Å². The van der Waals surface area contributed by atoms with Crippen molar-refractivity contribution in [3.8, 4) is 0 Å². The van der Waals surface area contributed by atoms with E-state index in [9.17, 15) is 29.4 Å². The molecule has 2 saturated heterocycles. The summed E-state index contributed by atoms with van der Waals surface area (Å²) >= 11 is 0. The van der Waals surface area contributed by atoms with Crippen molar-refractivity contribution in [2.24, 2.45) is 23.7 Å². The number of rotatable bonds is 6.